The lowest BCUT2D eigenvalue weighted by atomic mass is 10.1. The van der Waals surface area contributed by atoms with E-state index in [1.807, 2.05) is 6.92 Å². The Balaban J connectivity index is 2.22. The molecule has 0 aliphatic rings. The summed E-state index contributed by atoms with van der Waals surface area (Å²) in [6.07, 6.45) is 3.96. The molecule has 2 N–H and O–H groups in total. The molecule has 0 saturated heterocycles. The number of aliphatic hydroxyl groups is 1. The summed E-state index contributed by atoms with van der Waals surface area (Å²) in [5, 5.41) is 13.9. The third kappa shape index (κ3) is 5.19. The number of nitrogens with one attached hydrogen (secondary N) is 1. The summed E-state index contributed by atoms with van der Waals surface area (Å²) < 4.78 is 0. The minimum absolute atomic E-state index is 0.101. The van der Waals surface area contributed by atoms with Gasteiger partial charge in [-0.3, -0.25) is 4.79 Å². The fraction of sp³-hybridized carbons (Fsp3) is 0.643. The summed E-state index contributed by atoms with van der Waals surface area (Å²) in [5.41, 5.74) is 1.33. The molecule has 0 aromatic carbocycles. The third-order valence-corrected chi connectivity index (χ3v) is 4.19. The summed E-state index contributed by atoms with van der Waals surface area (Å²) in [5.74, 6) is 0.101. The predicted molar refractivity (Wildman–Crippen MR) is 75.9 cm³/mol. The highest BCUT2D eigenvalue weighted by Crippen LogP contribution is 2.17. The first kappa shape index (κ1) is 15.2. The Hall–Kier alpha value is -0.870. The van der Waals surface area contributed by atoms with E-state index in [4.69, 9.17) is 5.11 Å². The normalized spacial score (nSPS) is 12.4. The van der Waals surface area contributed by atoms with Gasteiger partial charge in [-0.25, -0.2) is 0 Å². The van der Waals surface area contributed by atoms with Gasteiger partial charge in [-0.05, 0) is 49.6 Å². The molecule has 4 heteroatoms. The van der Waals surface area contributed by atoms with Crippen molar-refractivity contribution >= 4 is 17.2 Å². The Kier molecular flexibility index (Phi) is 6.98. The topological polar surface area (TPSA) is 49.3 Å². The quantitative estimate of drug-likeness (QED) is 0.762. The molecule has 1 aromatic heterocycles. The summed E-state index contributed by atoms with van der Waals surface area (Å²) in [7, 11) is 0. The maximum atomic E-state index is 11.7. The highest BCUT2D eigenvalue weighted by molar-refractivity contribution is 7.10. The monoisotopic (exact) mass is 269 g/mol. The van der Waals surface area contributed by atoms with Gasteiger partial charge in [0, 0.05) is 23.9 Å². The van der Waals surface area contributed by atoms with Gasteiger partial charge in [0.1, 0.15) is 0 Å². The van der Waals surface area contributed by atoms with Gasteiger partial charge in [-0.2, -0.15) is 0 Å². The van der Waals surface area contributed by atoms with E-state index in [9.17, 15) is 4.79 Å². The Morgan fingerprint density at radius 3 is 2.89 bits per heavy atom. The van der Waals surface area contributed by atoms with Crippen LogP contribution in [-0.4, -0.2) is 23.7 Å². The van der Waals surface area contributed by atoms with Gasteiger partial charge in [0.25, 0.3) is 0 Å². The van der Waals surface area contributed by atoms with Crippen molar-refractivity contribution in [3.63, 3.8) is 0 Å². The SMILES string of the molecule is CCC(CCO)NC(=O)CCCc1sccc1C. The molecule has 1 heterocycles. The van der Waals surface area contributed by atoms with Crippen LogP contribution in [0.5, 0.6) is 0 Å². The number of thiophene rings is 1. The van der Waals surface area contributed by atoms with Crippen LogP contribution in [0.15, 0.2) is 11.4 Å². The summed E-state index contributed by atoms with van der Waals surface area (Å²) in [6.45, 7) is 4.27. The van der Waals surface area contributed by atoms with Crippen LogP contribution in [0.1, 0.15) is 43.0 Å². The van der Waals surface area contributed by atoms with Crippen molar-refractivity contribution in [3.8, 4) is 0 Å². The molecule has 1 unspecified atom stereocenters. The largest absolute Gasteiger partial charge is 0.396 e. The lowest BCUT2D eigenvalue weighted by Gasteiger charge is -2.15. The molecule has 0 spiro atoms. The number of carbonyl (C=O) groups excluding carboxylic acids is 1. The molecule has 3 nitrogen and oxygen atoms in total. The average molecular weight is 269 g/mol. The fourth-order valence-corrected chi connectivity index (χ4v) is 2.86. The fourth-order valence-electron chi connectivity index (χ4n) is 1.90. The first-order valence-electron chi connectivity index (χ1n) is 6.60. The molecular formula is C14H23NO2S. The molecule has 0 saturated carbocycles. The second-order valence-electron chi connectivity index (χ2n) is 4.57. The smallest absolute Gasteiger partial charge is 0.220 e. The van der Waals surface area contributed by atoms with Crippen LogP contribution < -0.4 is 5.32 Å². The molecule has 102 valence electrons. The van der Waals surface area contributed by atoms with Crippen LogP contribution in [-0.2, 0) is 11.2 Å². The first-order valence-corrected chi connectivity index (χ1v) is 7.48. The van der Waals surface area contributed by atoms with E-state index in [2.05, 4.69) is 23.7 Å². The van der Waals surface area contributed by atoms with Gasteiger partial charge in [-0.15, -0.1) is 11.3 Å². The van der Waals surface area contributed by atoms with Gasteiger partial charge in [-0.1, -0.05) is 6.92 Å². The zero-order valence-electron chi connectivity index (χ0n) is 11.2. The molecule has 1 rings (SSSR count). The minimum atomic E-state index is 0.101. The zero-order valence-corrected chi connectivity index (χ0v) is 12.1. The van der Waals surface area contributed by atoms with Crippen molar-refractivity contribution in [2.75, 3.05) is 6.61 Å². The Morgan fingerprint density at radius 2 is 2.33 bits per heavy atom. The number of amides is 1. The number of aryl methyl sites for hydroxylation is 2. The van der Waals surface area contributed by atoms with Gasteiger partial charge >= 0.3 is 0 Å². The third-order valence-electron chi connectivity index (χ3n) is 3.11. The molecule has 1 amide bonds. The summed E-state index contributed by atoms with van der Waals surface area (Å²) in [4.78, 5) is 13.1. The predicted octanol–water partition coefficient (Wildman–Crippen LogP) is 2.66. The zero-order chi connectivity index (χ0) is 13.4. The Bertz CT molecular complexity index is 362. The lowest BCUT2D eigenvalue weighted by Crippen LogP contribution is -2.34. The number of aliphatic hydroxyl groups excluding tert-OH is 1. The molecular weight excluding hydrogens is 246 g/mol. The van der Waals surface area contributed by atoms with Gasteiger partial charge in [0.05, 0.1) is 0 Å². The van der Waals surface area contributed by atoms with Crippen molar-refractivity contribution < 1.29 is 9.90 Å². The van der Waals surface area contributed by atoms with Crippen LogP contribution in [0.4, 0.5) is 0 Å². The molecule has 1 atom stereocenters. The number of carbonyl (C=O) groups is 1. The highest BCUT2D eigenvalue weighted by atomic mass is 32.1. The lowest BCUT2D eigenvalue weighted by molar-refractivity contribution is -0.122. The van der Waals surface area contributed by atoms with E-state index in [1.54, 1.807) is 11.3 Å². The van der Waals surface area contributed by atoms with Gasteiger partial charge in [0.15, 0.2) is 0 Å². The Morgan fingerprint density at radius 1 is 1.56 bits per heavy atom. The molecule has 0 bridgehead atoms. The molecule has 18 heavy (non-hydrogen) atoms. The van der Waals surface area contributed by atoms with Gasteiger partial charge < -0.3 is 10.4 Å². The second kappa shape index (κ2) is 8.27. The molecule has 0 fully saturated rings. The van der Waals surface area contributed by atoms with E-state index < -0.39 is 0 Å². The van der Waals surface area contributed by atoms with Crippen LogP contribution in [0.2, 0.25) is 0 Å². The maximum Gasteiger partial charge on any atom is 0.220 e. The van der Waals surface area contributed by atoms with Crippen LogP contribution >= 0.6 is 11.3 Å². The van der Waals surface area contributed by atoms with Crippen LogP contribution in [0, 0.1) is 6.92 Å². The average Bonchev–Trinajstić information content (AvgIpc) is 2.74. The van der Waals surface area contributed by atoms with E-state index in [0.717, 1.165) is 19.3 Å². The molecule has 0 aliphatic heterocycles. The highest BCUT2D eigenvalue weighted by Gasteiger charge is 2.09. The van der Waals surface area contributed by atoms with Crippen molar-refractivity contribution in [3.05, 3.63) is 21.9 Å². The maximum absolute atomic E-state index is 11.7. The van der Waals surface area contributed by atoms with Crippen LogP contribution in [0.25, 0.3) is 0 Å². The van der Waals surface area contributed by atoms with E-state index in [0.29, 0.717) is 12.8 Å². The second-order valence-corrected chi connectivity index (χ2v) is 5.57. The van der Waals surface area contributed by atoms with Crippen molar-refractivity contribution in [2.24, 2.45) is 0 Å². The number of hydrogen-bond donors (Lipinski definition) is 2. The number of rotatable bonds is 8. The van der Waals surface area contributed by atoms with E-state index >= 15 is 0 Å². The van der Waals surface area contributed by atoms with Crippen molar-refractivity contribution in [1.29, 1.82) is 0 Å². The molecule has 1 aromatic rings. The first-order chi connectivity index (χ1) is 8.67. The summed E-state index contributed by atoms with van der Waals surface area (Å²) >= 11 is 1.76. The van der Waals surface area contributed by atoms with E-state index in [1.165, 1.54) is 10.4 Å². The van der Waals surface area contributed by atoms with Crippen molar-refractivity contribution in [2.45, 2.75) is 52.0 Å². The Labute approximate surface area is 113 Å². The minimum Gasteiger partial charge on any atom is -0.396 e. The number of hydrogen-bond acceptors (Lipinski definition) is 3. The van der Waals surface area contributed by atoms with E-state index in [-0.39, 0.29) is 18.6 Å². The molecule has 0 radical (unpaired) electrons. The van der Waals surface area contributed by atoms with Crippen molar-refractivity contribution in [1.82, 2.24) is 5.32 Å². The summed E-state index contributed by atoms with van der Waals surface area (Å²) in [6, 6.07) is 2.24. The standard InChI is InChI=1S/C14H23NO2S/c1-3-12(7-9-16)15-14(17)6-4-5-13-11(2)8-10-18-13/h8,10,12,16H,3-7,9H2,1-2H3,(H,15,17). The van der Waals surface area contributed by atoms with Crippen LogP contribution in [0.3, 0.4) is 0 Å². The van der Waals surface area contributed by atoms with Gasteiger partial charge in [0.2, 0.25) is 5.91 Å². The molecule has 0 aliphatic carbocycles.